The second-order valence-electron chi connectivity index (χ2n) is 7.04. The average molecular weight is 290 g/mol. The molecule has 0 aromatic rings. The fraction of sp³-hybridized carbons (Fsp3) is 0.800. The Balaban J connectivity index is 1.56. The van der Waals surface area contributed by atoms with E-state index in [1.54, 1.807) is 0 Å². The van der Waals surface area contributed by atoms with Crippen molar-refractivity contribution < 1.29 is 9.59 Å². The van der Waals surface area contributed by atoms with Crippen molar-refractivity contribution in [2.75, 3.05) is 13.1 Å². The van der Waals surface area contributed by atoms with Gasteiger partial charge in [-0.3, -0.25) is 9.59 Å². The smallest absolute Gasteiger partial charge is 0.238 e. The van der Waals surface area contributed by atoms with Crippen molar-refractivity contribution in [2.45, 2.75) is 38.8 Å². The van der Waals surface area contributed by atoms with Crippen molar-refractivity contribution in [3.05, 3.63) is 0 Å². The van der Waals surface area contributed by atoms with E-state index in [1.807, 2.05) is 0 Å². The maximum Gasteiger partial charge on any atom is 0.238 e. The maximum absolute atomic E-state index is 12.4. The van der Waals surface area contributed by atoms with Gasteiger partial charge in [0.05, 0.1) is 12.1 Å². The molecule has 0 aromatic heterocycles. The SMILES string of the molecule is CC1(C)[C@@H]2[C@@H](C(=O)N[C@H](C#N)CC3CCNC3=O)NC[C@@H]21. The monoisotopic (exact) mass is 290 g/mol. The van der Waals surface area contributed by atoms with Gasteiger partial charge in [0.1, 0.15) is 6.04 Å². The molecule has 0 spiro atoms. The van der Waals surface area contributed by atoms with Crippen LogP contribution in [0.4, 0.5) is 0 Å². The minimum Gasteiger partial charge on any atom is -0.356 e. The van der Waals surface area contributed by atoms with Gasteiger partial charge in [-0.2, -0.15) is 5.26 Å². The number of nitrogens with zero attached hydrogens (tertiary/aromatic N) is 1. The second-order valence-corrected chi connectivity index (χ2v) is 7.04. The fourth-order valence-corrected chi connectivity index (χ4v) is 4.03. The van der Waals surface area contributed by atoms with Crippen LogP contribution in [0.1, 0.15) is 26.7 Å². The summed E-state index contributed by atoms with van der Waals surface area (Å²) in [5, 5.41) is 18.0. The van der Waals surface area contributed by atoms with E-state index in [-0.39, 0.29) is 29.2 Å². The molecule has 1 aliphatic carbocycles. The summed E-state index contributed by atoms with van der Waals surface area (Å²) in [7, 11) is 0. The van der Waals surface area contributed by atoms with Crippen LogP contribution in [0.25, 0.3) is 0 Å². The number of piperidine rings is 1. The minimum atomic E-state index is -0.589. The average Bonchev–Trinajstić information content (AvgIpc) is 2.84. The molecule has 0 bridgehead atoms. The van der Waals surface area contributed by atoms with Gasteiger partial charge in [-0.1, -0.05) is 13.8 Å². The third kappa shape index (κ3) is 2.40. The van der Waals surface area contributed by atoms with E-state index in [9.17, 15) is 14.9 Å². The third-order valence-electron chi connectivity index (χ3n) is 5.49. The van der Waals surface area contributed by atoms with Crippen LogP contribution in [0.5, 0.6) is 0 Å². The lowest BCUT2D eigenvalue weighted by atomic mass is 9.98. The topological polar surface area (TPSA) is 94.0 Å². The molecule has 2 aliphatic heterocycles. The highest BCUT2D eigenvalue weighted by Gasteiger charge is 2.65. The Hall–Kier alpha value is -1.61. The van der Waals surface area contributed by atoms with Crippen LogP contribution < -0.4 is 16.0 Å². The molecule has 0 aromatic carbocycles. The predicted molar refractivity (Wildman–Crippen MR) is 75.8 cm³/mol. The number of nitriles is 1. The molecule has 0 radical (unpaired) electrons. The van der Waals surface area contributed by atoms with Crippen molar-refractivity contribution in [3.63, 3.8) is 0 Å². The van der Waals surface area contributed by atoms with Crippen molar-refractivity contribution in [2.24, 2.45) is 23.2 Å². The molecule has 1 unspecified atom stereocenters. The van der Waals surface area contributed by atoms with Gasteiger partial charge in [-0.15, -0.1) is 0 Å². The van der Waals surface area contributed by atoms with E-state index in [2.05, 4.69) is 35.9 Å². The van der Waals surface area contributed by atoms with Gasteiger partial charge >= 0.3 is 0 Å². The predicted octanol–water partition coefficient (Wildman–Crippen LogP) is -0.235. The van der Waals surface area contributed by atoms with Crippen molar-refractivity contribution in [3.8, 4) is 6.07 Å². The van der Waals surface area contributed by atoms with Crippen LogP contribution >= 0.6 is 0 Å². The highest BCUT2D eigenvalue weighted by atomic mass is 16.2. The Morgan fingerprint density at radius 3 is 2.86 bits per heavy atom. The number of hydrogen-bond acceptors (Lipinski definition) is 4. The summed E-state index contributed by atoms with van der Waals surface area (Å²) >= 11 is 0. The largest absolute Gasteiger partial charge is 0.356 e. The molecule has 114 valence electrons. The summed E-state index contributed by atoms with van der Waals surface area (Å²) in [5.41, 5.74) is 0.223. The molecule has 3 fully saturated rings. The number of carbonyl (C=O) groups is 2. The zero-order valence-corrected chi connectivity index (χ0v) is 12.5. The Morgan fingerprint density at radius 2 is 2.33 bits per heavy atom. The quantitative estimate of drug-likeness (QED) is 0.666. The molecule has 3 rings (SSSR count). The Morgan fingerprint density at radius 1 is 1.57 bits per heavy atom. The lowest BCUT2D eigenvalue weighted by molar-refractivity contribution is -0.125. The first-order chi connectivity index (χ1) is 9.95. The van der Waals surface area contributed by atoms with Crippen LogP contribution in [0.15, 0.2) is 0 Å². The molecule has 6 heteroatoms. The highest BCUT2D eigenvalue weighted by molar-refractivity contribution is 5.84. The van der Waals surface area contributed by atoms with Gasteiger partial charge in [0.15, 0.2) is 0 Å². The van der Waals surface area contributed by atoms with E-state index in [0.717, 1.165) is 13.0 Å². The number of rotatable bonds is 4. The van der Waals surface area contributed by atoms with Crippen molar-refractivity contribution in [1.82, 2.24) is 16.0 Å². The summed E-state index contributed by atoms with van der Waals surface area (Å²) in [5.74, 6) is 0.669. The molecular weight excluding hydrogens is 268 g/mol. The first-order valence-corrected chi connectivity index (χ1v) is 7.66. The summed E-state index contributed by atoms with van der Waals surface area (Å²) in [6.45, 7) is 5.91. The van der Waals surface area contributed by atoms with Gasteiger partial charge in [0.2, 0.25) is 11.8 Å². The zero-order chi connectivity index (χ0) is 15.2. The van der Waals surface area contributed by atoms with E-state index in [0.29, 0.717) is 24.8 Å². The van der Waals surface area contributed by atoms with Crippen LogP contribution in [0.2, 0.25) is 0 Å². The molecule has 5 atom stereocenters. The number of fused-ring (bicyclic) bond motifs is 1. The van der Waals surface area contributed by atoms with E-state index < -0.39 is 6.04 Å². The number of amides is 2. The van der Waals surface area contributed by atoms with E-state index in [1.165, 1.54) is 0 Å². The summed E-state index contributed by atoms with van der Waals surface area (Å²) in [4.78, 5) is 23.9. The van der Waals surface area contributed by atoms with Crippen LogP contribution in [0.3, 0.4) is 0 Å². The van der Waals surface area contributed by atoms with Crippen LogP contribution in [0, 0.1) is 34.5 Å². The fourth-order valence-electron chi connectivity index (χ4n) is 4.03. The van der Waals surface area contributed by atoms with E-state index in [4.69, 9.17) is 0 Å². The normalized spacial score (nSPS) is 37.3. The van der Waals surface area contributed by atoms with Crippen LogP contribution in [-0.4, -0.2) is 37.0 Å². The number of carbonyl (C=O) groups excluding carboxylic acids is 2. The summed E-state index contributed by atoms with van der Waals surface area (Å²) in [6.07, 6.45) is 1.14. The molecule has 2 amide bonds. The summed E-state index contributed by atoms with van der Waals surface area (Å²) < 4.78 is 0. The third-order valence-corrected chi connectivity index (χ3v) is 5.49. The Kier molecular flexibility index (Phi) is 3.40. The van der Waals surface area contributed by atoms with Gasteiger partial charge < -0.3 is 16.0 Å². The molecule has 3 aliphatic rings. The highest BCUT2D eigenvalue weighted by Crippen LogP contribution is 2.62. The van der Waals surface area contributed by atoms with E-state index >= 15 is 0 Å². The molecule has 6 nitrogen and oxygen atoms in total. The van der Waals surface area contributed by atoms with Gasteiger partial charge in [0, 0.05) is 12.5 Å². The first kappa shape index (κ1) is 14.3. The van der Waals surface area contributed by atoms with Gasteiger partial charge in [-0.05, 0) is 36.6 Å². The van der Waals surface area contributed by atoms with Gasteiger partial charge in [0.25, 0.3) is 0 Å². The Labute approximate surface area is 124 Å². The lowest BCUT2D eigenvalue weighted by Gasteiger charge is -2.21. The van der Waals surface area contributed by atoms with Crippen LogP contribution in [-0.2, 0) is 9.59 Å². The van der Waals surface area contributed by atoms with Crippen molar-refractivity contribution in [1.29, 1.82) is 5.26 Å². The lowest BCUT2D eigenvalue weighted by Crippen LogP contribution is -2.48. The molecule has 1 saturated carbocycles. The minimum absolute atomic E-state index is 0.00752. The number of nitrogens with one attached hydrogen (secondary N) is 3. The molecule has 3 N–H and O–H groups in total. The standard InChI is InChI=1S/C15H22N4O2/c1-15(2)10-7-18-12(11(10)15)14(21)19-9(6-16)5-8-3-4-17-13(8)20/h8-12,18H,3-5,7H2,1-2H3,(H,17,20)(H,19,21)/t8?,9-,10-,11-,12-/m0/s1. The molecule has 21 heavy (non-hydrogen) atoms. The molecule has 2 saturated heterocycles. The van der Waals surface area contributed by atoms with Gasteiger partial charge in [-0.25, -0.2) is 0 Å². The maximum atomic E-state index is 12.4. The second kappa shape index (κ2) is 4.99. The number of hydrogen-bond donors (Lipinski definition) is 3. The zero-order valence-electron chi connectivity index (χ0n) is 12.5. The summed E-state index contributed by atoms with van der Waals surface area (Å²) in [6, 6.07) is 1.33. The molecular formula is C15H22N4O2. The molecule has 2 heterocycles. The van der Waals surface area contributed by atoms with Crippen molar-refractivity contribution >= 4 is 11.8 Å². The first-order valence-electron chi connectivity index (χ1n) is 7.66. The Bertz CT molecular complexity index is 510.